The molecular weight excluding hydrogens is 602 g/mol. The molecule has 0 radical (unpaired) electrons. The summed E-state index contributed by atoms with van der Waals surface area (Å²) in [6, 6.07) is 25.9. The number of H-pyrrole nitrogens is 1. The molecule has 0 saturated carbocycles. The number of hydrogen-bond donors (Lipinski definition) is 3. The van der Waals surface area contributed by atoms with Crippen LogP contribution < -0.4 is 10.6 Å². The van der Waals surface area contributed by atoms with Gasteiger partial charge < -0.3 is 29.8 Å². The van der Waals surface area contributed by atoms with Crippen LogP contribution >= 0.6 is 0 Å². The Labute approximate surface area is 281 Å². The van der Waals surface area contributed by atoms with Gasteiger partial charge in [-0.1, -0.05) is 54.6 Å². The molecule has 6 rings (SSSR count). The first-order chi connectivity index (χ1) is 22.9. The van der Waals surface area contributed by atoms with E-state index in [0.717, 1.165) is 35.0 Å². The summed E-state index contributed by atoms with van der Waals surface area (Å²) in [7, 11) is 0. The van der Waals surface area contributed by atoms with Gasteiger partial charge in [-0.05, 0) is 88.8 Å². The Bertz CT molecular complexity index is 1930. The van der Waals surface area contributed by atoms with Crippen LogP contribution in [0.2, 0.25) is 0 Å². The number of carbonyl (C=O) groups excluding carboxylic acids is 3. The largest absolute Gasteiger partial charge is 0.444 e. The Morgan fingerprint density at radius 1 is 0.875 bits per heavy atom. The first-order valence-corrected chi connectivity index (χ1v) is 16.7. The van der Waals surface area contributed by atoms with E-state index in [1.165, 1.54) is 16.5 Å². The van der Waals surface area contributed by atoms with Gasteiger partial charge in [0.1, 0.15) is 17.2 Å². The average molecular weight is 648 g/mol. The third kappa shape index (κ3) is 7.10. The molecule has 1 unspecified atom stereocenters. The summed E-state index contributed by atoms with van der Waals surface area (Å²) in [5, 5.41) is 7.90. The van der Waals surface area contributed by atoms with E-state index in [0.29, 0.717) is 25.4 Å². The number of piperidine rings is 1. The zero-order chi connectivity index (χ0) is 34.1. The molecule has 3 aromatic carbocycles. The van der Waals surface area contributed by atoms with E-state index in [1.807, 2.05) is 53.6 Å². The summed E-state index contributed by atoms with van der Waals surface area (Å²) in [5.74, 6) is -0.301. The molecule has 9 nitrogen and oxygen atoms in total. The molecule has 0 bridgehead atoms. The van der Waals surface area contributed by atoms with E-state index in [-0.39, 0.29) is 5.91 Å². The van der Waals surface area contributed by atoms with Crippen LogP contribution in [-0.4, -0.2) is 62.6 Å². The van der Waals surface area contributed by atoms with Crippen molar-refractivity contribution in [1.29, 1.82) is 0 Å². The number of fused-ring (bicyclic) bond motifs is 2. The van der Waals surface area contributed by atoms with Gasteiger partial charge in [0.15, 0.2) is 0 Å². The van der Waals surface area contributed by atoms with Crippen LogP contribution in [0.5, 0.6) is 0 Å². The molecule has 0 aliphatic carbocycles. The molecule has 9 heteroatoms. The molecule has 5 aromatic rings. The van der Waals surface area contributed by atoms with Gasteiger partial charge in [-0.3, -0.25) is 9.59 Å². The number of alkyl carbamates (subject to hydrolysis) is 1. The average Bonchev–Trinajstić information content (AvgIpc) is 3.65. The van der Waals surface area contributed by atoms with Gasteiger partial charge in [0.2, 0.25) is 11.8 Å². The Hall–Kier alpha value is -5.05. The molecule has 1 atom stereocenters. The van der Waals surface area contributed by atoms with Crippen LogP contribution in [-0.2, 0) is 20.7 Å². The highest BCUT2D eigenvalue weighted by Gasteiger charge is 2.37. The summed E-state index contributed by atoms with van der Waals surface area (Å²) in [6.45, 7) is 9.66. The van der Waals surface area contributed by atoms with Crippen molar-refractivity contribution in [1.82, 2.24) is 25.1 Å². The number of aromatic amines is 1. The number of hydrogen-bond acceptors (Lipinski definition) is 4. The molecule has 48 heavy (non-hydrogen) atoms. The first kappa shape index (κ1) is 32.9. The number of ether oxygens (including phenoxy) is 1. The highest BCUT2D eigenvalue weighted by molar-refractivity contribution is 5.94. The highest BCUT2D eigenvalue weighted by atomic mass is 16.6. The second-order valence-electron chi connectivity index (χ2n) is 14.2. The number of benzene rings is 3. The minimum absolute atomic E-state index is 0.133. The second kappa shape index (κ2) is 13.2. The topological polar surface area (TPSA) is 108 Å². The minimum atomic E-state index is -1.32. The third-order valence-corrected chi connectivity index (χ3v) is 9.11. The lowest BCUT2D eigenvalue weighted by atomic mass is 9.88. The van der Waals surface area contributed by atoms with Crippen LogP contribution in [0.4, 0.5) is 4.79 Å². The van der Waals surface area contributed by atoms with Crippen molar-refractivity contribution in [3.63, 3.8) is 0 Å². The minimum Gasteiger partial charge on any atom is -0.444 e. The Morgan fingerprint density at radius 2 is 1.52 bits per heavy atom. The third-order valence-electron chi connectivity index (χ3n) is 9.11. The maximum absolute atomic E-state index is 14.3. The van der Waals surface area contributed by atoms with Crippen LogP contribution in [0, 0.1) is 0 Å². The summed E-state index contributed by atoms with van der Waals surface area (Å²) in [4.78, 5) is 45.7. The molecule has 1 aliphatic heterocycles. The molecule has 1 aliphatic rings. The molecule has 3 N–H and O–H groups in total. The predicted octanol–water partition coefficient (Wildman–Crippen LogP) is 6.85. The summed E-state index contributed by atoms with van der Waals surface area (Å²) in [5.41, 5.74) is 3.45. The lowest BCUT2D eigenvalue weighted by molar-refractivity contribution is -0.138. The van der Waals surface area contributed by atoms with Crippen LogP contribution in [0.1, 0.15) is 64.5 Å². The van der Waals surface area contributed by atoms with Gasteiger partial charge in [0, 0.05) is 53.9 Å². The molecule has 250 valence electrons. The number of nitrogens with one attached hydrogen (secondary N) is 3. The summed E-state index contributed by atoms with van der Waals surface area (Å²) < 4.78 is 7.65. The van der Waals surface area contributed by atoms with Crippen LogP contribution in [0.15, 0.2) is 91.3 Å². The van der Waals surface area contributed by atoms with Gasteiger partial charge in [-0.25, -0.2) is 4.79 Å². The van der Waals surface area contributed by atoms with Crippen molar-refractivity contribution in [2.24, 2.45) is 0 Å². The lowest BCUT2D eigenvalue weighted by Gasteiger charge is -2.35. The predicted molar refractivity (Wildman–Crippen MR) is 189 cm³/mol. The van der Waals surface area contributed by atoms with E-state index in [2.05, 4.69) is 62.8 Å². The van der Waals surface area contributed by atoms with Crippen molar-refractivity contribution >= 4 is 39.7 Å². The lowest BCUT2D eigenvalue weighted by Crippen LogP contribution is -2.60. The Kier molecular flexibility index (Phi) is 9.05. The number of likely N-dealkylation sites (tertiary alicyclic amines) is 1. The molecular formula is C39H45N5O4. The Morgan fingerprint density at radius 3 is 2.23 bits per heavy atom. The maximum Gasteiger partial charge on any atom is 0.408 e. The van der Waals surface area contributed by atoms with Crippen molar-refractivity contribution in [3.05, 3.63) is 102 Å². The number of para-hydroxylation sites is 3. The zero-order valence-electron chi connectivity index (χ0n) is 28.4. The van der Waals surface area contributed by atoms with Crippen molar-refractivity contribution in [2.45, 2.75) is 77.0 Å². The highest BCUT2D eigenvalue weighted by Crippen LogP contribution is 2.36. The number of nitrogens with zero attached hydrogens (tertiary/aromatic N) is 2. The van der Waals surface area contributed by atoms with E-state index in [1.54, 1.807) is 34.6 Å². The number of rotatable bonds is 8. The smallest absolute Gasteiger partial charge is 0.408 e. The zero-order valence-corrected chi connectivity index (χ0v) is 28.4. The van der Waals surface area contributed by atoms with Gasteiger partial charge in [0.25, 0.3) is 0 Å². The van der Waals surface area contributed by atoms with Crippen LogP contribution in [0.3, 0.4) is 0 Å². The summed E-state index contributed by atoms with van der Waals surface area (Å²) >= 11 is 0. The molecule has 0 spiro atoms. The standard InChI is InChI=1S/C39H45N5O4/c1-38(2,3)48-37(47)42-39(4,5)36(46)41-33(23-27-24-40-32-17-11-9-15-29(27)32)35(45)43-21-19-26(20-22-43)31-25-44(28-13-7-6-8-14-28)34-18-12-10-16-30(31)34/h6-18,24-26,33,40H,19-23H2,1-5H3,(H,41,46)(H,42,47). The number of aromatic nitrogens is 2. The van der Waals surface area contributed by atoms with E-state index in [4.69, 9.17) is 4.74 Å². The van der Waals surface area contributed by atoms with Gasteiger partial charge >= 0.3 is 6.09 Å². The van der Waals surface area contributed by atoms with Crippen LogP contribution in [0.25, 0.3) is 27.5 Å². The molecule has 1 saturated heterocycles. The van der Waals surface area contributed by atoms with Crippen molar-refractivity contribution in [2.75, 3.05) is 13.1 Å². The van der Waals surface area contributed by atoms with E-state index >= 15 is 0 Å². The first-order valence-electron chi connectivity index (χ1n) is 16.7. The SMILES string of the molecule is CC(C)(C)OC(=O)NC(C)(C)C(=O)NC(Cc1c[nH]c2ccccc12)C(=O)N1CCC(c2cn(-c3ccccc3)c3ccccc23)CC1. The monoisotopic (exact) mass is 647 g/mol. The fourth-order valence-corrected chi connectivity index (χ4v) is 6.64. The van der Waals surface area contributed by atoms with Gasteiger partial charge in [-0.2, -0.15) is 0 Å². The Balaban J connectivity index is 1.20. The number of amides is 3. The molecule has 3 amide bonds. The second-order valence-corrected chi connectivity index (χ2v) is 14.2. The molecule has 2 aromatic heterocycles. The summed E-state index contributed by atoms with van der Waals surface area (Å²) in [6.07, 6.45) is 5.39. The normalized spacial score (nSPS) is 15.0. The van der Waals surface area contributed by atoms with Gasteiger partial charge in [-0.15, -0.1) is 0 Å². The fraction of sp³-hybridized carbons (Fsp3) is 0.359. The van der Waals surface area contributed by atoms with Crippen molar-refractivity contribution < 1.29 is 19.1 Å². The van der Waals surface area contributed by atoms with Crippen molar-refractivity contribution in [3.8, 4) is 5.69 Å². The fourth-order valence-electron chi connectivity index (χ4n) is 6.64. The molecule has 1 fully saturated rings. The van der Waals surface area contributed by atoms with E-state index in [9.17, 15) is 14.4 Å². The quantitative estimate of drug-likeness (QED) is 0.171. The van der Waals surface area contributed by atoms with Gasteiger partial charge in [0.05, 0.1) is 5.52 Å². The number of carbonyl (C=O) groups is 3. The maximum atomic E-state index is 14.3. The van der Waals surface area contributed by atoms with E-state index < -0.39 is 29.2 Å². The molecule has 3 heterocycles.